The summed E-state index contributed by atoms with van der Waals surface area (Å²) in [6, 6.07) is 37.1. The lowest BCUT2D eigenvalue weighted by Gasteiger charge is -2.12. The number of hydrogen-bond acceptors (Lipinski definition) is 10. The molecule has 12 heteroatoms. The molecule has 68 heavy (non-hydrogen) atoms. The monoisotopic (exact) mass is 1110 g/mol. The van der Waals surface area contributed by atoms with Crippen LogP contribution in [0.25, 0.3) is 78.0 Å². The first-order valence-corrected chi connectivity index (χ1v) is 38.0. The highest BCUT2D eigenvalue weighted by Crippen LogP contribution is 2.50. The molecule has 0 unspecified atom stereocenters. The zero-order chi connectivity index (χ0) is 48.7. The number of thiophene rings is 10. The quantitative estimate of drug-likeness (QED) is 0.0894. The Kier molecular flexibility index (Phi) is 16.3. The van der Waals surface area contributed by atoms with Crippen molar-refractivity contribution < 1.29 is 0 Å². The number of aryl methyl sites for hydroxylation is 6. The maximum Gasteiger partial charge on any atom is 0.0904 e. The molecule has 0 radical (unpaired) electrons. The summed E-state index contributed by atoms with van der Waals surface area (Å²) in [5.74, 6) is 0. The molecule has 0 saturated carbocycles. The third-order valence-corrected chi connectivity index (χ3v) is 31.2. The van der Waals surface area contributed by atoms with Crippen LogP contribution in [0.5, 0.6) is 0 Å². The number of hydrogen-bond donors (Lipinski definition) is 0. The summed E-state index contributed by atoms with van der Waals surface area (Å²) >= 11 is 19.4. The zero-order valence-corrected chi connectivity index (χ0v) is 51.5. The average molecular weight is 1110 g/mol. The van der Waals surface area contributed by atoms with Gasteiger partial charge in [0.25, 0.3) is 0 Å². The highest BCUT2D eigenvalue weighted by Gasteiger charge is 2.24. The van der Waals surface area contributed by atoms with Crippen LogP contribution in [0.15, 0.2) is 110 Å². The van der Waals surface area contributed by atoms with Crippen molar-refractivity contribution in [1.29, 1.82) is 0 Å². The van der Waals surface area contributed by atoms with Crippen molar-refractivity contribution >= 4 is 139 Å². The lowest BCUT2D eigenvalue weighted by Crippen LogP contribution is -2.34. The molecule has 0 nitrogen and oxygen atoms in total. The van der Waals surface area contributed by atoms with Crippen LogP contribution >= 0.6 is 113 Å². The van der Waals surface area contributed by atoms with Crippen molar-refractivity contribution in [3.05, 3.63) is 142 Å². The third-order valence-electron chi connectivity index (χ3n) is 11.2. The van der Waals surface area contributed by atoms with Crippen LogP contribution in [0, 0.1) is 41.5 Å². The highest BCUT2D eigenvalue weighted by atomic mass is 32.1. The Morgan fingerprint density at radius 2 is 0.603 bits per heavy atom. The molecular formula is C56H60S10Si2. The Balaban J connectivity index is 0.000000331. The van der Waals surface area contributed by atoms with Gasteiger partial charge in [0.15, 0.2) is 0 Å². The molecule has 0 atom stereocenters. The van der Waals surface area contributed by atoms with E-state index in [0.29, 0.717) is 0 Å². The zero-order valence-electron chi connectivity index (χ0n) is 41.3. The summed E-state index contributed by atoms with van der Waals surface area (Å²) in [7, 11) is -2.60. The first-order chi connectivity index (χ1) is 32.3. The summed E-state index contributed by atoms with van der Waals surface area (Å²) in [6.45, 7) is 33.6. The summed E-state index contributed by atoms with van der Waals surface area (Å²) < 4.78 is 3.17. The van der Waals surface area contributed by atoms with Gasteiger partial charge in [-0.25, -0.2) is 0 Å². The van der Waals surface area contributed by atoms with Crippen molar-refractivity contribution in [2.24, 2.45) is 0 Å². The van der Waals surface area contributed by atoms with Crippen LogP contribution < -0.4 is 9.00 Å². The first-order valence-electron chi connectivity index (χ1n) is 22.9. The summed E-state index contributed by atoms with van der Waals surface area (Å²) in [5.41, 5.74) is 5.53. The molecule has 10 heterocycles. The van der Waals surface area contributed by atoms with Gasteiger partial charge in [0.2, 0.25) is 0 Å². The molecule has 352 valence electrons. The molecule has 0 saturated heterocycles. The summed E-state index contributed by atoms with van der Waals surface area (Å²) in [6.07, 6.45) is 2.96. The van der Waals surface area contributed by atoms with E-state index < -0.39 is 16.1 Å². The van der Waals surface area contributed by atoms with E-state index in [9.17, 15) is 0 Å². The Bertz CT molecular complexity index is 3080. The molecule has 0 aliphatic rings. The van der Waals surface area contributed by atoms with Gasteiger partial charge < -0.3 is 0 Å². The predicted octanol–water partition coefficient (Wildman–Crippen LogP) is 21.8. The molecule has 0 aromatic carbocycles. The van der Waals surface area contributed by atoms with Gasteiger partial charge in [0.1, 0.15) is 0 Å². The van der Waals surface area contributed by atoms with E-state index in [2.05, 4.69) is 191 Å². The van der Waals surface area contributed by atoms with Gasteiger partial charge in [0.05, 0.1) is 16.1 Å². The van der Waals surface area contributed by atoms with E-state index in [0.717, 1.165) is 6.42 Å². The van der Waals surface area contributed by atoms with Gasteiger partial charge in [-0.3, -0.25) is 0 Å². The van der Waals surface area contributed by atoms with Crippen LogP contribution in [0.4, 0.5) is 0 Å². The van der Waals surface area contributed by atoms with Gasteiger partial charge in [0, 0.05) is 87.8 Å². The Morgan fingerprint density at radius 1 is 0.338 bits per heavy atom. The van der Waals surface area contributed by atoms with Crippen LogP contribution in [0.1, 0.15) is 45.4 Å². The second kappa shape index (κ2) is 21.5. The standard InChI is InChI=1S/C42H42S8Si2.C10H10S2.C4H8/c1-23-19-33(47-41(23)35-21-25(3)39(49-35)31-15-17-37(45-31)51(5,6)7)29-13-11-27(43-29)28-12-14-30(44-28)34-20-24(2)42(48-34)36-22-26(4)40(50-36)32-16-18-38(46-32)52(8,9)10;1-7-3-5-9(11-7)10-6-4-8(2)12-10;1-3-4-2/h11-22H,1-10H3;3-6H,1-2H3;3H,1,4H2,2H3. The maximum absolute atomic E-state index is 3.48. The molecule has 0 N–H and O–H groups in total. The van der Waals surface area contributed by atoms with E-state index in [1.165, 1.54) is 110 Å². The lowest BCUT2D eigenvalue weighted by atomic mass is 10.2. The maximum atomic E-state index is 3.48. The fraction of sp³-hybridized carbons (Fsp3) is 0.250. The van der Waals surface area contributed by atoms with Crippen LogP contribution in [0.2, 0.25) is 39.3 Å². The van der Waals surface area contributed by atoms with Crippen molar-refractivity contribution in [3.63, 3.8) is 0 Å². The topological polar surface area (TPSA) is 0 Å². The smallest absolute Gasteiger partial charge is 0.0904 e. The number of allylic oxidation sites excluding steroid dienone is 1. The molecule has 0 spiro atoms. The van der Waals surface area contributed by atoms with Gasteiger partial charge >= 0.3 is 0 Å². The molecule has 0 aliphatic heterocycles. The molecule has 10 rings (SSSR count). The van der Waals surface area contributed by atoms with Crippen molar-refractivity contribution in [1.82, 2.24) is 0 Å². The molecule has 0 aliphatic carbocycles. The second-order valence-electron chi connectivity index (χ2n) is 19.2. The van der Waals surface area contributed by atoms with Gasteiger partial charge in [-0.2, -0.15) is 0 Å². The predicted molar refractivity (Wildman–Crippen MR) is 330 cm³/mol. The van der Waals surface area contributed by atoms with Gasteiger partial charge in [-0.05, 0) is 164 Å². The summed E-state index contributed by atoms with van der Waals surface area (Å²) in [5, 5.41) is 0. The molecule has 0 fully saturated rings. The fourth-order valence-electron chi connectivity index (χ4n) is 7.44. The summed E-state index contributed by atoms with van der Waals surface area (Å²) in [4.78, 5) is 25.0. The van der Waals surface area contributed by atoms with Crippen molar-refractivity contribution in [2.75, 3.05) is 0 Å². The first kappa shape index (κ1) is 51.5. The van der Waals surface area contributed by atoms with E-state index in [1.807, 2.05) is 119 Å². The molecule has 10 aromatic heterocycles. The van der Waals surface area contributed by atoms with E-state index in [-0.39, 0.29) is 0 Å². The Morgan fingerprint density at radius 3 is 0.897 bits per heavy atom. The van der Waals surface area contributed by atoms with Gasteiger partial charge in [-0.15, -0.1) is 120 Å². The van der Waals surface area contributed by atoms with E-state index in [1.54, 1.807) is 9.00 Å². The second-order valence-corrected chi connectivity index (χ2v) is 41.1. The minimum absolute atomic E-state index is 1.08. The van der Waals surface area contributed by atoms with Crippen LogP contribution in [-0.4, -0.2) is 16.1 Å². The van der Waals surface area contributed by atoms with Crippen LogP contribution in [-0.2, 0) is 0 Å². The largest absolute Gasteiger partial charge is 0.144 e. The van der Waals surface area contributed by atoms with Crippen LogP contribution in [0.3, 0.4) is 0 Å². The highest BCUT2D eigenvalue weighted by molar-refractivity contribution is 7.34. The number of rotatable bonds is 11. The molecular weight excluding hydrogens is 1050 g/mol. The minimum atomic E-state index is -1.30. The lowest BCUT2D eigenvalue weighted by molar-refractivity contribution is 1.23. The average Bonchev–Trinajstić information content (AvgIpc) is 4.12. The Labute approximate surface area is 447 Å². The molecule has 10 aromatic rings. The Hall–Kier alpha value is -2.83. The minimum Gasteiger partial charge on any atom is -0.144 e. The van der Waals surface area contributed by atoms with Crippen molar-refractivity contribution in [2.45, 2.75) is 94.2 Å². The van der Waals surface area contributed by atoms with Crippen molar-refractivity contribution in [3.8, 4) is 78.0 Å². The third kappa shape index (κ3) is 11.7. The SMILES string of the molecule is C=CCC.Cc1cc(-c2ccc(-c3ccc(-c4cc(C)c(-c5cc(C)c(-c6ccc([Si](C)(C)C)s6)s5)s4)s3)s2)sc1-c1cc(C)c(-c2ccc([Si](C)(C)C)s2)s1.Cc1ccc(-c2ccc(C)s2)s1. The fourth-order valence-corrected chi connectivity index (χ4v) is 22.7. The molecule has 0 amide bonds. The normalized spacial score (nSPS) is 11.7. The van der Waals surface area contributed by atoms with E-state index in [4.69, 9.17) is 0 Å². The molecule has 0 bridgehead atoms. The van der Waals surface area contributed by atoms with E-state index >= 15 is 0 Å². The van der Waals surface area contributed by atoms with Gasteiger partial charge in [-0.1, -0.05) is 64.4 Å².